The van der Waals surface area contributed by atoms with Crippen molar-refractivity contribution in [2.24, 2.45) is 5.41 Å². The molecular formula is C44H49F3N8O6S. The first-order valence-electron chi connectivity index (χ1n) is 20.2. The number of nitro benzene ring substituents is 1. The maximum absolute atomic E-state index is 13.8. The topological polar surface area (TPSA) is 166 Å². The predicted molar refractivity (Wildman–Crippen MR) is 232 cm³/mol. The number of aromatic amines is 1. The SMILES string of the molecule is CN(C)CCNc1ccc(S(=O)(=O)NC(=O)c2ccc(N3CCN(CC4=C(c5ccc(C(F)(F)F)cc5)CC(C)(C)CC4)CC3)cc2Oc2cnc3[nH]ccc3c2)cc1[N+](=O)[O-]. The molecule has 1 aliphatic heterocycles. The second-order valence-corrected chi connectivity index (χ2v) is 18.4. The van der Waals surface area contributed by atoms with Crippen LogP contribution in [-0.4, -0.2) is 98.9 Å². The largest absolute Gasteiger partial charge is 0.455 e. The molecule has 5 aromatic rings. The van der Waals surface area contributed by atoms with Gasteiger partial charge in [0.2, 0.25) is 0 Å². The van der Waals surface area contributed by atoms with Crippen LogP contribution >= 0.6 is 0 Å². The maximum atomic E-state index is 13.8. The molecule has 2 aromatic heterocycles. The van der Waals surface area contributed by atoms with Gasteiger partial charge in [0.05, 0.1) is 27.1 Å². The van der Waals surface area contributed by atoms with Crippen LogP contribution in [0.25, 0.3) is 16.6 Å². The van der Waals surface area contributed by atoms with Gasteiger partial charge in [-0.2, -0.15) is 13.2 Å². The van der Waals surface area contributed by atoms with Crippen LogP contribution in [0.15, 0.2) is 95.7 Å². The van der Waals surface area contributed by atoms with Crippen molar-refractivity contribution in [3.63, 3.8) is 0 Å². The Kier molecular flexibility index (Phi) is 12.6. The molecule has 0 radical (unpaired) electrons. The first kappa shape index (κ1) is 44.1. The number of amides is 1. The van der Waals surface area contributed by atoms with Gasteiger partial charge in [0.25, 0.3) is 21.6 Å². The van der Waals surface area contributed by atoms with E-state index < -0.39 is 43.2 Å². The van der Waals surface area contributed by atoms with Crippen LogP contribution in [0, 0.1) is 15.5 Å². The monoisotopic (exact) mass is 874 g/mol. The van der Waals surface area contributed by atoms with E-state index in [1.807, 2.05) is 25.1 Å². The minimum atomic E-state index is -4.59. The Balaban J connectivity index is 1.10. The Morgan fingerprint density at radius 1 is 1.02 bits per heavy atom. The lowest BCUT2D eigenvalue weighted by Crippen LogP contribution is -2.47. The molecule has 1 aliphatic carbocycles. The summed E-state index contributed by atoms with van der Waals surface area (Å²) in [6, 6.07) is 17.3. The van der Waals surface area contributed by atoms with Gasteiger partial charge in [-0.1, -0.05) is 31.6 Å². The Morgan fingerprint density at radius 3 is 2.45 bits per heavy atom. The zero-order chi connectivity index (χ0) is 44.4. The van der Waals surface area contributed by atoms with E-state index in [0.29, 0.717) is 57.2 Å². The van der Waals surface area contributed by atoms with E-state index in [1.54, 1.807) is 36.5 Å². The number of pyridine rings is 1. The van der Waals surface area contributed by atoms with E-state index in [2.05, 4.69) is 43.7 Å². The minimum absolute atomic E-state index is 0.0201. The van der Waals surface area contributed by atoms with Crippen molar-refractivity contribution in [2.75, 3.05) is 70.1 Å². The summed E-state index contributed by atoms with van der Waals surface area (Å²) in [5.41, 5.74) is 3.44. The van der Waals surface area contributed by atoms with Gasteiger partial charge in [-0.3, -0.25) is 19.8 Å². The van der Waals surface area contributed by atoms with Crippen LogP contribution in [0.3, 0.4) is 0 Å². The average molecular weight is 875 g/mol. The van der Waals surface area contributed by atoms with Gasteiger partial charge in [-0.05, 0) is 98.4 Å². The van der Waals surface area contributed by atoms with Crippen LogP contribution in [0.4, 0.5) is 30.2 Å². The van der Waals surface area contributed by atoms with Crippen LogP contribution < -0.4 is 19.7 Å². The number of allylic oxidation sites excluding steroid dienone is 1. The molecule has 7 rings (SSSR count). The van der Waals surface area contributed by atoms with Crippen LogP contribution in [0.5, 0.6) is 11.5 Å². The van der Waals surface area contributed by atoms with E-state index in [4.69, 9.17) is 4.74 Å². The van der Waals surface area contributed by atoms with Crippen molar-refractivity contribution in [3.05, 3.63) is 118 Å². The number of hydrogen-bond acceptors (Lipinski definition) is 11. The third-order valence-electron chi connectivity index (χ3n) is 11.3. The number of H-pyrrole nitrogens is 1. The Morgan fingerprint density at radius 2 is 1.76 bits per heavy atom. The highest BCUT2D eigenvalue weighted by molar-refractivity contribution is 7.90. The van der Waals surface area contributed by atoms with E-state index in [1.165, 1.54) is 30.0 Å². The van der Waals surface area contributed by atoms with Crippen molar-refractivity contribution in [2.45, 2.75) is 44.2 Å². The molecule has 2 aliphatic rings. The molecule has 18 heteroatoms. The number of ether oxygens (including phenoxy) is 1. The summed E-state index contributed by atoms with van der Waals surface area (Å²) in [5.74, 6) is -0.635. The van der Waals surface area contributed by atoms with Crippen molar-refractivity contribution in [1.82, 2.24) is 24.5 Å². The minimum Gasteiger partial charge on any atom is -0.455 e. The number of piperazine rings is 1. The van der Waals surface area contributed by atoms with Crippen molar-refractivity contribution < 1.29 is 36.0 Å². The van der Waals surface area contributed by atoms with Gasteiger partial charge < -0.3 is 24.8 Å². The predicted octanol–water partition coefficient (Wildman–Crippen LogP) is 8.16. The first-order chi connectivity index (χ1) is 29.3. The summed E-state index contributed by atoms with van der Waals surface area (Å²) in [4.78, 5) is 38.4. The quantitative estimate of drug-likeness (QED) is 0.0728. The molecule has 1 fully saturated rings. The Labute approximate surface area is 358 Å². The summed E-state index contributed by atoms with van der Waals surface area (Å²) >= 11 is 0. The molecule has 0 spiro atoms. The van der Waals surface area contributed by atoms with Gasteiger partial charge in [-0.25, -0.2) is 18.1 Å². The lowest BCUT2D eigenvalue weighted by molar-refractivity contribution is -0.384. The fourth-order valence-electron chi connectivity index (χ4n) is 7.82. The summed E-state index contributed by atoms with van der Waals surface area (Å²) in [5, 5.41) is 15.6. The molecule has 0 bridgehead atoms. The zero-order valence-corrected chi connectivity index (χ0v) is 35.7. The summed E-state index contributed by atoms with van der Waals surface area (Å²) in [6.07, 6.45) is 1.40. The second-order valence-electron chi connectivity index (χ2n) is 16.7. The Hall–Kier alpha value is -5.98. The van der Waals surface area contributed by atoms with Gasteiger partial charge in [0.1, 0.15) is 22.8 Å². The number of benzene rings is 3. The van der Waals surface area contributed by atoms with E-state index in [9.17, 15) is 36.5 Å². The highest BCUT2D eigenvalue weighted by Gasteiger charge is 2.33. The highest BCUT2D eigenvalue weighted by Crippen LogP contribution is 2.44. The number of carbonyl (C=O) groups excluding carboxylic acids is 1. The Bertz CT molecular complexity index is 2600. The molecule has 3 N–H and O–H groups in total. The fraction of sp³-hybridized carbons (Fsp3) is 0.364. The normalized spacial score (nSPS) is 16.2. The number of nitrogens with one attached hydrogen (secondary N) is 3. The average Bonchev–Trinajstić information content (AvgIpc) is 3.69. The number of nitro groups is 1. The number of halogens is 3. The number of fused-ring (bicyclic) bond motifs is 1. The maximum Gasteiger partial charge on any atom is 0.416 e. The lowest BCUT2D eigenvalue weighted by Gasteiger charge is -2.39. The third kappa shape index (κ3) is 10.4. The van der Waals surface area contributed by atoms with E-state index >= 15 is 0 Å². The molecule has 328 valence electrons. The van der Waals surface area contributed by atoms with Crippen LogP contribution in [0.1, 0.15) is 54.6 Å². The molecule has 3 aromatic carbocycles. The van der Waals surface area contributed by atoms with E-state index in [0.717, 1.165) is 59.7 Å². The van der Waals surface area contributed by atoms with Gasteiger partial charge in [0, 0.05) is 75.2 Å². The number of hydrogen-bond donors (Lipinski definition) is 3. The summed E-state index contributed by atoms with van der Waals surface area (Å²) in [7, 11) is -0.887. The zero-order valence-electron chi connectivity index (χ0n) is 34.9. The number of sulfonamides is 1. The molecule has 0 atom stereocenters. The van der Waals surface area contributed by atoms with Gasteiger partial charge in [0.15, 0.2) is 0 Å². The van der Waals surface area contributed by atoms with Gasteiger partial charge >= 0.3 is 6.18 Å². The molecule has 0 unspecified atom stereocenters. The molecule has 0 saturated carbocycles. The standard InChI is InChI=1S/C44H49F3N8O6S/c1-43(2)15-13-31(37(26-43)29-5-7-32(8-6-29)44(45,46)47)28-53-19-21-54(22-20-53)33-9-11-36(40(24-33)61-34-23-30-14-16-49-41(30)50-27-34)42(56)51-62(59,60)35-10-12-38(39(25-35)55(57)58)48-17-18-52(3)4/h5-12,14,16,23-25,27,48H,13,15,17-22,26,28H2,1-4H3,(H,49,50)(H,51,56). The van der Waals surface area contributed by atoms with Crippen molar-refractivity contribution in [1.29, 1.82) is 0 Å². The molecule has 3 heterocycles. The second kappa shape index (κ2) is 17.8. The number of likely N-dealkylation sites (N-methyl/N-ethyl adjacent to an activating group) is 1. The number of carbonyl (C=O) groups is 1. The number of anilines is 2. The molecule has 62 heavy (non-hydrogen) atoms. The molecular weight excluding hydrogens is 826 g/mol. The molecule has 1 saturated heterocycles. The number of nitrogens with zero attached hydrogens (tertiary/aromatic N) is 5. The van der Waals surface area contributed by atoms with Crippen molar-refractivity contribution >= 4 is 49.6 Å². The number of rotatable bonds is 14. The fourth-order valence-corrected chi connectivity index (χ4v) is 8.80. The number of alkyl halides is 3. The smallest absolute Gasteiger partial charge is 0.416 e. The van der Waals surface area contributed by atoms with Gasteiger partial charge in [-0.15, -0.1) is 0 Å². The highest BCUT2D eigenvalue weighted by atomic mass is 32.2. The van der Waals surface area contributed by atoms with Crippen LogP contribution in [0.2, 0.25) is 0 Å². The summed E-state index contributed by atoms with van der Waals surface area (Å²) < 4.78 is 75.5. The van der Waals surface area contributed by atoms with Crippen molar-refractivity contribution in [3.8, 4) is 11.5 Å². The summed E-state index contributed by atoms with van der Waals surface area (Å²) in [6.45, 7) is 8.63. The lowest BCUT2D eigenvalue weighted by atomic mass is 9.72. The van der Waals surface area contributed by atoms with E-state index in [-0.39, 0.29) is 22.4 Å². The third-order valence-corrected chi connectivity index (χ3v) is 12.6. The number of aromatic nitrogens is 2. The first-order valence-corrected chi connectivity index (χ1v) is 21.7. The molecule has 14 nitrogen and oxygen atoms in total. The van der Waals surface area contributed by atoms with Crippen LogP contribution in [-0.2, 0) is 16.2 Å². The molecule has 1 amide bonds.